The van der Waals surface area contributed by atoms with Crippen LogP contribution in [0.5, 0.6) is 0 Å². The fourth-order valence-electron chi connectivity index (χ4n) is 1.94. The van der Waals surface area contributed by atoms with Gasteiger partial charge < -0.3 is 10.6 Å². The van der Waals surface area contributed by atoms with Gasteiger partial charge in [0, 0.05) is 24.4 Å². The summed E-state index contributed by atoms with van der Waals surface area (Å²) in [5.41, 5.74) is 4.13. The van der Waals surface area contributed by atoms with Gasteiger partial charge in [0.25, 0.3) is 0 Å². The quantitative estimate of drug-likeness (QED) is 0.529. The van der Waals surface area contributed by atoms with E-state index in [1.165, 1.54) is 5.56 Å². The van der Waals surface area contributed by atoms with E-state index in [4.69, 9.17) is 0 Å². The molecule has 0 radical (unpaired) electrons. The van der Waals surface area contributed by atoms with E-state index in [0.29, 0.717) is 0 Å². The monoisotopic (exact) mass is 260 g/mol. The molecule has 3 nitrogen and oxygen atoms in total. The Morgan fingerprint density at radius 3 is 2.79 bits per heavy atom. The lowest BCUT2D eigenvalue weighted by Gasteiger charge is -2.11. The van der Waals surface area contributed by atoms with Crippen LogP contribution in [-0.2, 0) is 12.8 Å². The van der Waals surface area contributed by atoms with Crippen molar-refractivity contribution >= 4 is 6.29 Å². The van der Waals surface area contributed by atoms with E-state index in [1.807, 2.05) is 13.1 Å². The summed E-state index contributed by atoms with van der Waals surface area (Å²) in [5, 5.41) is 6.35. The predicted octanol–water partition coefficient (Wildman–Crippen LogP) is 2.32. The molecule has 0 fully saturated rings. The van der Waals surface area contributed by atoms with Gasteiger partial charge in [0.05, 0.1) is 0 Å². The van der Waals surface area contributed by atoms with Crippen molar-refractivity contribution in [1.29, 1.82) is 0 Å². The number of carbonyl (C=O) groups excluding carboxylic acids is 1. The number of hydrogen-bond donors (Lipinski definition) is 2. The summed E-state index contributed by atoms with van der Waals surface area (Å²) < 4.78 is 0. The third-order valence-corrected chi connectivity index (χ3v) is 3.19. The summed E-state index contributed by atoms with van der Waals surface area (Å²) in [6, 6.07) is 6.14. The Kier molecular flexibility index (Phi) is 6.90. The number of rotatable bonds is 9. The molecule has 0 bridgehead atoms. The van der Waals surface area contributed by atoms with Gasteiger partial charge in [-0.15, -0.1) is 0 Å². The number of nitrogens with one attached hydrogen (secondary N) is 2. The minimum Gasteiger partial charge on any atom is -0.388 e. The van der Waals surface area contributed by atoms with Crippen LogP contribution in [0, 0.1) is 0 Å². The van der Waals surface area contributed by atoms with Gasteiger partial charge in [0.1, 0.15) is 6.29 Å². The zero-order chi connectivity index (χ0) is 14.1. The van der Waals surface area contributed by atoms with E-state index >= 15 is 0 Å². The highest BCUT2D eigenvalue weighted by Gasteiger charge is 2.04. The zero-order valence-corrected chi connectivity index (χ0v) is 12.0. The third-order valence-electron chi connectivity index (χ3n) is 3.19. The summed E-state index contributed by atoms with van der Waals surface area (Å²) in [6.45, 7) is 7.90. The summed E-state index contributed by atoms with van der Waals surface area (Å²) in [7, 11) is 1.93. The van der Waals surface area contributed by atoms with Gasteiger partial charge in [-0.1, -0.05) is 25.6 Å². The van der Waals surface area contributed by atoms with E-state index in [9.17, 15) is 4.79 Å². The summed E-state index contributed by atoms with van der Waals surface area (Å²) in [6.07, 6.45) is 3.62. The first-order valence-corrected chi connectivity index (χ1v) is 6.84. The Labute approximate surface area is 116 Å². The van der Waals surface area contributed by atoms with E-state index in [1.54, 1.807) is 0 Å². The van der Waals surface area contributed by atoms with E-state index in [0.717, 1.165) is 55.5 Å². The Morgan fingerprint density at radius 1 is 1.37 bits per heavy atom. The van der Waals surface area contributed by atoms with Crippen molar-refractivity contribution in [1.82, 2.24) is 10.6 Å². The van der Waals surface area contributed by atoms with Crippen molar-refractivity contribution in [2.75, 3.05) is 20.1 Å². The van der Waals surface area contributed by atoms with Gasteiger partial charge in [-0.3, -0.25) is 4.79 Å². The van der Waals surface area contributed by atoms with Crippen LogP contribution in [0.4, 0.5) is 0 Å². The van der Waals surface area contributed by atoms with E-state index < -0.39 is 0 Å². The smallest absolute Gasteiger partial charge is 0.150 e. The second kappa shape index (κ2) is 8.48. The van der Waals surface area contributed by atoms with Gasteiger partial charge >= 0.3 is 0 Å². The molecule has 1 aromatic rings. The molecule has 0 aliphatic rings. The number of aryl methyl sites for hydroxylation is 2. The van der Waals surface area contributed by atoms with Gasteiger partial charge in [-0.25, -0.2) is 0 Å². The normalized spacial score (nSPS) is 10.2. The van der Waals surface area contributed by atoms with Crippen LogP contribution in [-0.4, -0.2) is 26.4 Å². The summed E-state index contributed by atoms with van der Waals surface area (Å²) in [4.78, 5) is 11.1. The van der Waals surface area contributed by atoms with Gasteiger partial charge in [-0.05, 0) is 43.5 Å². The molecule has 0 aliphatic carbocycles. The van der Waals surface area contributed by atoms with Gasteiger partial charge in [-0.2, -0.15) is 0 Å². The average Bonchev–Trinajstić information content (AvgIpc) is 2.45. The molecule has 104 valence electrons. The van der Waals surface area contributed by atoms with Crippen molar-refractivity contribution in [3.05, 3.63) is 47.2 Å². The second-order valence-corrected chi connectivity index (χ2v) is 4.64. The second-order valence-electron chi connectivity index (χ2n) is 4.64. The molecule has 0 saturated heterocycles. The Bertz CT molecular complexity index is 427. The highest BCUT2D eigenvalue weighted by molar-refractivity contribution is 5.77. The van der Waals surface area contributed by atoms with Crippen LogP contribution >= 0.6 is 0 Å². The molecule has 0 atom stereocenters. The van der Waals surface area contributed by atoms with Crippen molar-refractivity contribution in [2.24, 2.45) is 0 Å². The van der Waals surface area contributed by atoms with Crippen LogP contribution in [0.1, 0.15) is 34.8 Å². The fourth-order valence-corrected chi connectivity index (χ4v) is 1.94. The maximum absolute atomic E-state index is 11.1. The number of allylic oxidation sites excluding steroid dienone is 1. The molecule has 1 rings (SSSR count). The molecular formula is C16H24N2O. The maximum atomic E-state index is 11.1. The summed E-state index contributed by atoms with van der Waals surface area (Å²) in [5.74, 6) is 0. The molecule has 1 aromatic carbocycles. The minimum atomic E-state index is 0.808. The number of likely N-dealkylation sites (N-methyl/N-ethyl adjacent to an activating group) is 1. The lowest BCUT2D eigenvalue weighted by Crippen LogP contribution is -2.24. The molecule has 0 amide bonds. The Morgan fingerprint density at radius 2 is 2.16 bits per heavy atom. The first-order chi connectivity index (χ1) is 9.21. The minimum absolute atomic E-state index is 0.808. The van der Waals surface area contributed by atoms with Crippen LogP contribution in [0.2, 0.25) is 0 Å². The third kappa shape index (κ3) is 5.26. The highest BCUT2D eigenvalue weighted by Crippen LogP contribution is 2.14. The first kappa shape index (κ1) is 15.4. The van der Waals surface area contributed by atoms with Gasteiger partial charge in [0.2, 0.25) is 0 Å². The Balaban J connectivity index is 2.52. The molecule has 0 heterocycles. The lowest BCUT2D eigenvalue weighted by atomic mass is 9.99. The predicted molar refractivity (Wildman–Crippen MR) is 80.6 cm³/mol. The number of aldehydes is 1. The molecular weight excluding hydrogens is 236 g/mol. The number of benzene rings is 1. The zero-order valence-electron chi connectivity index (χ0n) is 12.0. The Hall–Kier alpha value is -1.61. The molecule has 0 saturated carbocycles. The highest BCUT2D eigenvalue weighted by atomic mass is 16.1. The lowest BCUT2D eigenvalue weighted by molar-refractivity contribution is 0.112. The topological polar surface area (TPSA) is 41.1 Å². The molecule has 0 aliphatic heterocycles. The van der Waals surface area contributed by atoms with E-state index in [2.05, 4.69) is 36.3 Å². The average molecular weight is 260 g/mol. The standard InChI is InChI=1S/C16H24N2O/c1-4-14-6-8-15(16(11-14)12-19)7-5-13(2)18-10-9-17-3/h6,8,11-12,17-18H,2,4-5,7,9-10H2,1,3H3. The maximum Gasteiger partial charge on any atom is 0.150 e. The summed E-state index contributed by atoms with van der Waals surface area (Å²) >= 11 is 0. The fraction of sp³-hybridized carbons (Fsp3) is 0.438. The molecule has 0 aromatic heterocycles. The van der Waals surface area contributed by atoms with Crippen molar-refractivity contribution < 1.29 is 4.79 Å². The number of carbonyl (C=O) groups is 1. The first-order valence-electron chi connectivity index (χ1n) is 6.84. The molecule has 19 heavy (non-hydrogen) atoms. The molecule has 0 spiro atoms. The van der Waals surface area contributed by atoms with Crippen LogP contribution in [0.25, 0.3) is 0 Å². The largest absolute Gasteiger partial charge is 0.388 e. The molecule has 2 N–H and O–H groups in total. The van der Waals surface area contributed by atoms with Crippen molar-refractivity contribution in [3.63, 3.8) is 0 Å². The van der Waals surface area contributed by atoms with Crippen LogP contribution < -0.4 is 10.6 Å². The van der Waals surface area contributed by atoms with Crippen molar-refractivity contribution in [3.8, 4) is 0 Å². The van der Waals surface area contributed by atoms with E-state index in [-0.39, 0.29) is 0 Å². The van der Waals surface area contributed by atoms with Crippen LogP contribution in [0.3, 0.4) is 0 Å². The SMILES string of the molecule is C=C(CCc1ccc(CC)cc1C=O)NCCNC. The molecule has 3 heteroatoms. The van der Waals surface area contributed by atoms with Gasteiger partial charge in [0.15, 0.2) is 0 Å². The number of hydrogen-bond acceptors (Lipinski definition) is 3. The van der Waals surface area contributed by atoms with Crippen LogP contribution in [0.15, 0.2) is 30.5 Å². The molecule has 0 unspecified atom stereocenters. The van der Waals surface area contributed by atoms with Crippen molar-refractivity contribution in [2.45, 2.75) is 26.2 Å².